The monoisotopic (exact) mass is 257 g/mol. The minimum Gasteiger partial charge on any atom is -0.344 e. The Balaban J connectivity index is 1.58. The second-order valence-electron chi connectivity index (χ2n) is 6.84. The fraction of sp³-hybridized carbons (Fsp3) is 0.588. The van der Waals surface area contributed by atoms with Crippen molar-refractivity contribution in [2.24, 2.45) is 11.3 Å². The molecular formula is C17H23NO. The molecule has 0 radical (unpaired) electrons. The third-order valence-electron chi connectivity index (χ3n) is 4.86. The molecule has 1 heterocycles. The first kappa shape index (κ1) is 12.7. The Morgan fingerprint density at radius 1 is 1.32 bits per heavy atom. The maximum atomic E-state index is 10.6. The summed E-state index contributed by atoms with van der Waals surface area (Å²) in [6, 6.07) is 8.87. The maximum absolute atomic E-state index is 10.6. The first-order chi connectivity index (χ1) is 9.12. The van der Waals surface area contributed by atoms with Crippen LogP contribution in [0.5, 0.6) is 0 Å². The van der Waals surface area contributed by atoms with E-state index in [0.29, 0.717) is 11.3 Å². The third kappa shape index (κ3) is 2.29. The average Bonchev–Trinajstić information content (AvgIpc) is 2.30. The van der Waals surface area contributed by atoms with E-state index >= 15 is 0 Å². The van der Waals surface area contributed by atoms with E-state index in [1.54, 1.807) is 0 Å². The molecule has 1 aromatic rings. The largest absolute Gasteiger partial charge is 0.344 e. The third-order valence-corrected chi connectivity index (χ3v) is 4.86. The van der Waals surface area contributed by atoms with E-state index < -0.39 is 0 Å². The lowest BCUT2D eigenvalue weighted by Gasteiger charge is -2.58. The van der Waals surface area contributed by atoms with Crippen LogP contribution in [0.1, 0.15) is 43.7 Å². The molecule has 1 aromatic carbocycles. The van der Waals surface area contributed by atoms with E-state index in [2.05, 4.69) is 38.1 Å². The van der Waals surface area contributed by atoms with Crippen LogP contribution in [0.4, 0.5) is 0 Å². The molecule has 1 spiro atoms. The molecule has 0 aromatic heterocycles. The van der Waals surface area contributed by atoms with Crippen molar-refractivity contribution in [3.8, 4) is 0 Å². The fourth-order valence-electron chi connectivity index (χ4n) is 4.05. The molecule has 2 heteroatoms. The van der Waals surface area contributed by atoms with Gasteiger partial charge in [-0.25, -0.2) is 0 Å². The number of hydrogen-bond donors (Lipinski definition) is 0. The summed E-state index contributed by atoms with van der Waals surface area (Å²) in [6.07, 6.45) is 4.83. The van der Waals surface area contributed by atoms with Crippen molar-refractivity contribution in [3.05, 3.63) is 35.4 Å². The van der Waals surface area contributed by atoms with Crippen molar-refractivity contribution in [1.82, 2.24) is 4.90 Å². The second-order valence-corrected chi connectivity index (χ2v) is 6.84. The van der Waals surface area contributed by atoms with Crippen molar-refractivity contribution in [2.45, 2.75) is 39.0 Å². The Hall–Kier alpha value is -1.31. The van der Waals surface area contributed by atoms with Crippen molar-refractivity contribution in [3.63, 3.8) is 0 Å². The van der Waals surface area contributed by atoms with Crippen molar-refractivity contribution >= 4 is 6.41 Å². The van der Waals surface area contributed by atoms with Gasteiger partial charge in [-0.2, -0.15) is 0 Å². The summed E-state index contributed by atoms with van der Waals surface area (Å²) in [5.41, 5.74) is 3.54. The number of benzene rings is 1. The highest BCUT2D eigenvalue weighted by molar-refractivity contribution is 5.49. The Morgan fingerprint density at radius 3 is 2.63 bits per heavy atom. The van der Waals surface area contributed by atoms with Crippen LogP contribution < -0.4 is 0 Å². The second kappa shape index (κ2) is 4.66. The number of likely N-dealkylation sites (tertiary alicyclic amines) is 1. The Labute approximate surface area is 115 Å². The summed E-state index contributed by atoms with van der Waals surface area (Å²) < 4.78 is 0. The van der Waals surface area contributed by atoms with E-state index in [9.17, 15) is 4.79 Å². The molecule has 1 amide bonds. The van der Waals surface area contributed by atoms with E-state index in [0.717, 1.165) is 25.4 Å². The molecule has 1 aliphatic carbocycles. The molecule has 2 nitrogen and oxygen atoms in total. The quantitative estimate of drug-likeness (QED) is 0.758. The van der Waals surface area contributed by atoms with E-state index in [1.165, 1.54) is 30.4 Å². The topological polar surface area (TPSA) is 20.3 Å². The van der Waals surface area contributed by atoms with Gasteiger partial charge in [0.15, 0.2) is 0 Å². The van der Waals surface area contributed by atoms with Gasteiger partial charge in [0.05, 0.1) is 0 Å². The zero-order valence-corrected chi connectivity index (χ0v) is 11.9. The summed E-state index contributed by atoms with van der Waals surface area (Å²) in [5.74, 6) is 1.44. The van der Waals surface area contributed by atoms with Gasteiger partial charge in [-0.05, 0) is 42.2 Å². The molecule has 0 N–H and O–H groups in total. The van der Waals surface area contributed by atoms with Crippen LogP contribution in [0.15, 0.2) is 24.3 Å². The van der Waals surface area contributed by atoms with E-state index in [4.69, 9.17) is 0 Å². The number of nitrogens with zero attached hydrogens (tertiary/aromatic N) is 1. The molecule has 102 valence electrons. The van der Waals surface area contributed by atoms with Gasteiger partial charge in [0.25, 0.3) is 0 Å². The minimum absolute atomic E-state index is 0.498. The summed E-state index contributed by atoms with van der Waals surface area (Å²) in [7, 11) is 0. The van der Waals surface area contributed by atoms with Crippen LogP contribution in [-0.4, -0.2) is 24.4 Å². The van der Waals surface area contributed by atoms with Gasteiger partial charge in [0.1, 0.15) is 0 Å². The summed E-state index contributed by atoms with van der Waals surface area (Å²) in [5, 5.41) is 0. The van der Waals surface area contributed by atoms with E-state index in [-0.39, 0.29) is 0 Å². The van der Waals surface area contributed by atoms with Crippen LogP contribution in [0.3, 0.4) is 0 Å². The molecular weight excluding hydrogens is 234 g/mol. The van der Waals surface area contributed by atoms with Crippen LogP contribution in [0, 0.1) is 11.3 Å². The molecule has 1 saturated heterocycles. The average molecular weight is 257 g/mol. The summed E-state index contributed by atoms with van der Waals surface area (Å²) in [6.45, 7) is 6.54. The Bertz CT molecular complexity index is 466. The van der Waals surface area contributed by atoms with Gasteiger partial charge in [0, 0.05) is 18.5 Å². The Morgan fingerprint density at radius 2 is 2.00 bits per heavy atom. The lowest BCUT2D eigenvalue weighted by atomic mass is 9.56. The van der Waals surface area contributed by atoms with Gasteiger partial charge in [-0.1, -0.05) is 38.1 Å². The number of carbonyl (C=O) groups excluding carboxylic acids is 1. The highest BCUT2D eigenvalue weighted by atomic mass is 16.1. The van der Waals surface area contributed by atoms with Gasteiger partial charge >= 0.3 is 0 Å². The predicted molar refractivity (Wildman–Crippen MR) is 77.0 cm³/mol. The van der Waals surface area contributed by atoms with Crippen LogP contribution in [-0.2, 0) is 11.2 Å². The zero-order valence-electron chi connectivity index (χ0n) is 11.9. The predicted octanol–water partition coefficient (Wildman–Crippen LogP) is 3.22. The molecule has 1 aliphatic heterocycles. The SMILES string of the molecule is CC(C)c1ccccc1CC1CC2(C1)CN(C=O)C2. The first-order valence-corrected chi connectivity index (χ1v) is 7.39. The maximum Gasteiger partial charge on any atom is 0.209 e. The number of hydrogen-bond acceptors (Lipinski definition) is 1. The molecule has 1 saturated carbocycles. The highest BCUT2D eigenvalue weighted by Gasteiger charge is 2.51. The number of carbonyl (C=O) groups is 1. The summed E-state index contributed by atoms with van der Waals surface area (Å²) in [4.78, 5) is 12.5. The zero-order chi connectivity index (χ0) is 13.5. The molecule has 0 bridgehead atoms. The fourth-order valence-corrected chi connectivity index (χ4v) is 4.05. The minimum atomic E-state index is 0.498. The van der Waals surface area contributed by atoms with Crippen LogP contribution in [0.2, 0.25) is 0 Å². The van der Waals surface area contributed by atoms with E-state index in [1.807, 2.05) is 4.90 Å². The molecule has 2 fully saturated rings. The summed E-state index contributed by atoms with van der Waals surface area (Å²) >= 11 is 0. The highest BCUT2D eigenvalue weighted by Crippen LogP contribution is 2.52. The first-order valence-electron chi connectivity index (χ1n) is 7.39. The molecule has 0 atom stereocenters. The lowest BCUT2D eigenvalue weighted by molar-refractivity contribution is -0.141. The van der Waals surface area contributed by atoms with Crippen molar-refractivity contribution in [2.75, 3.05) is 13.1 Å². The van der Waals surface area contributed by atoms with Crippen molar-refractivity contribution in [1.29, 1.82) is 0 Å². The van der Waals surface area contributed by atoms with Gasteiger partial charge < -0.3 is 4.90 Å². The van der Waals surface area contributed by atoms with Gasteiger partial charge in [-0.15, -0.1) is 0 Å². The number of rotatable bonds is 4. The van der Waals surface area contributed by atoms with Crippen LogP contribution in [0.25, 0.3) is 0 Å². The lowest BCUT2D eigenvalue weighted by Crippen LogP contribution is -2.61. The van der Waals surface area contributed by atoms with Crippen molar-refractivity contribution < 1.29 is 4.79 Å². The van der Waals surface area contributed by atoms with Gasteiger partial charge in [-0.3, -0.25) is 4.79 Å². The smallest absolute Gasteiger partial charge is 0.209 e. The van der Waals surface area contributed by atoms with Crippen LogP contribution >= 0.6 is 0 Å². The molecule has 19 heavy (non-hydrogen) atoms. The Kier molecular flexibility index (Phi) is 3.12. The molecule has 2 aliphatic rings. The van der Waals surface area contributed by atoms with Gasteiger partial charge in [0.2, 0.25) is 6.41 Å². The number of amides is 1. The standard InChI is InChI=1S/C17H23NO/c1-13(2)16-6-4-3-5-15(16)7-14-8-17(9-14)10-18(11-17)12-19/h3-6,12-14H,7-11H2,1-2H3. The normalized spacial score (nSPS) is 21.3. The molecule has 3 rings (SSSR count). The molecule has 0 unspecified atom stereocenters.